The first kappa shape index (κ1) is 21.0. The fourth-order valence-electron chi connectivity index (χ4n) is 2.13. The summed E-state index contributed by atoms with van der Waals surface area (Å²) in [6.07, 6.45) is 2.48. The highest BCUT2D eigenvalue weighted by molar-refractivity contribution is 5.99. The van der Waals surface area contributed by atoms with E-state index in [1.807, 2.05) is 13.0 Å². The van der Waals surface area contributed by atoms with Gasteiger partial charge in [0.1, 0.15) is 18.1 Å². The molecule has 0 saturated carbocycles. The van der Waals surface area contributed by atoms with Gasteiger partial charge in [-0.1, -0.05) is 0 Å². The summed E-state index contributed by atoms with van der Waals surface area (Å²) in [7, 11) is 0. The molecule has 1 amide bonds. The Labute approximate surface area is 162 Å². The zero-order valence-electron chi connectivity index (χ0n) is 15.8. The summed E-state index contributed by atoms with van der Waals surface area (Å²) in [5.41, 5.74) is -0.498. The molecule has 0 saturated heterocycles. The number of nitrogens with one attached hydrogen (secondary N) is 3. The SMILES string of the molecule is CCNc1cc(Nc2ncc(C#N)cn2)ncc1C(=O)NCC(F)C(C)(C)O. The summed E-state index contributed by atoms with van der Waals surface area (Å²) in [5.74, 6) is 0.116. The van der Waals surface area contributed by atoms with Crippen molar-refractivity contribution in [3.8, 4) is 6.07 Å². The van der Waals surface area contributed by atoms with Crippen LogP contribution in [0.5, 0.6) is 0 Å². The second-order valence-corrected chi connectivity index (χ2v) is 6.51. The number of nitriles is 1. The highest BCUT2D eigenvalue weighted by Crippen LogP contribution is 2.21. The van der Waals surface area contributed by atoms with Gasteiger partial charge in [0.15, 0.2) is 0 Å². The molecule has 1 atom stereocenters. The van der Waals surface area contributed by atoms with Crippen molar-refractivity contribution in [3.05, 3.63) is 35.8 Å². The van der Waals surface area contributed by atoms with E-state index in [9.17, 15) is 14.3 Å². The smallest absolute Gasteiger partial charge is 0.255 e. The van der Waals surface area contributed by atoms with Crippen molar-refractivity contribution in [2.24, 2.45) is 0 Å². The van der Waals surface area contributed by atoms with E-state index in [2.05, 4.69) is 30.9 Å². The summed E-state index contributed by atoms with van der Waals surface area (Å²) in [5, 5.41) is 26.8. The Hall–Kier alpha value is -3.32. The van der Waals surface area contributed by atoms with Crippen molar-refractivity contribution in [1.29, 1.82) is 5.26 Å². The van der Waals surface area contributed by atoms with E-state index in [0.717, 1.165) is 0 Å². The largest absolute Gasteiger partial charge is 0.387 e. The van der Waals surface area contributed by atoms with Gasteiger partial charge >= 0.3 is 0 Å². The number of alkyl halides is 1. The van der Waals surface area contributed by atoms with E-state index in [4.69, 9.17) is 5.26 Å². The molecule has 0 bridgehead atoms. The van der Waals surface area contributed by atoms with Crippen LogP contribution in [0.3, 0.4) is 0 Å². The molecule has 28 heavy (non-hydrogen) atoms. The molecule has 0 fully saturated rings. The van der Waals surface area contributed by atoms with Crippen LogP contribution in [0.2, 0.25) is 0 Å². The van der Waals surface area contributed by atoms with Gasteiger partial charge < -0.3 is 21.1 Å². The molecule has 0 aliphatic rings. The second kappa shape index (κ2) is 9.05. The fraction of sp³-hybridized carbons (Fsp3) is 0.389. The van der Waals surface area contributed by atoms with Crippen LogP contribution in [0.1, 0.15) is 36.7 Å². The van der Waals surface area contributed by atoms with Crippen LogP contribution in [0.4, 0.5) is 21.8 Å². The molecule has 0 aliphatic heterocycles. The number of halogens is 1. The molecule has 10 heteroatoms. The lowest BCUT2D eigenvalue weighted by Crippen LogP contribution is -2.42. The molecule has 1 unspecified atom stereocenters. The van der Waals surface area contributed by atoms with Crippen LogP contribution in [0, 0.1) is 11.3 Å². The maximum Gasteiger partial charge on any atom is 0.255 e. The Bertz CT molecular complexity index is 860. The zero-order valence-corrected chi connectivity index (χ0v) is 15.8. The number of anilines is 3. The summed E-state index contributed by atoms with van der Waals surface area (Å²) < 4.78 is 13.9. The Morgan fingerprint density at radius 1 is 1.32 bits per heavy atom. The first-order valence-corrected chi connectivity index (χ1v) is 8.62. The average Bonchev–Trinajstić information content (AvgIpc) is 2.66. The van der Waals surface area contributed by atoms with Gasteiger partial charge in [-0.25, -0.2) is 19.3 Å². The maximum absolute atomic E-state index is 13.9. The van der Waals surface area contributed by atoms with Gasteiger partial charge in [-0.2, -0.15) is 5.26 Å². The van der Waals surface area contributed by atoms with Crippen LogP contribution in [-0.4, -0.2) is 50.8 Å². The highest BCUT2D eigenvalue weighted by atomic mass is 19.1. The summed E-state index contributed by atoms with van der Waals surface area (Å²) in [6, 6.07) is 3.53. The molecule has 4 N–H and O–H groups in total. The second-order valence-electron chi connectivity index (χ2n) is 6.51. The van der Waals surface area contributed by atoms with E-state index in [1.54, 1.807) is 6.07 Å². The predicted octanol–water partition coefficient (Wildman–Crippen LogP) is 1.76. The number of hydrogen-bond donors (Lipinski definition) is 4. The highest BCUT2D eigenvalue weighted by Gasteiger charge is 2.27. The van der Waals surface area contributed by atoms with Crippen molar-refractivity contribution in [2.75, 3.05) is 23.7 Å². The van der Waals surface area contributed by atoms with Gasteiger partial charge in [0.2, 0.25) is 5.95 Å². The van der Waals surface area contributed by atoms with E-state index in [0.29, 0.717) is 23.6 Å². The van der Waals surface area contributed by atoms with Crippen molar-refractivity contribution < 1.29 is 14.3 Å². The van der Waals surface area contributed by atoms with Gasteiger partial charge in [0.05, 0.1) is 41.4 Å². The minimum atomic E-state index is -1.61. The molecule has 0 aromatic carbocycles. The lowest BCUT2D eigenvalue weighted by atomic mass is 10.0. The van der Waals surface area contributed by atoms with Crippen LogP contribution < -0.4 is 16.0 Å². The molecular weight excluding hydrogens is 365 g/mol. The molecule has 2 aromatic heterocycles. The third-order valence-corrected chi connectivity index (χ3v) is 3.75. The van der Waals surface area contributed by atoms with Crippen LogP contribution in [0.25, 0.3) is 0 Å². The van der Waals surface area contributed by atoms with Gasteiger partial charge in [-0.05, 0) is 20.8 Å². The summed E-state index contributed by atoms with van der Waals surface area (Å²) in [6.45, 7) is 4.76. The monoisotopic (exact) mass is 387 g/mol. The van der Waals surface area contributed by atoms with Crippen LogP contribution >= 0.6 is 0 Å². The lowest BCUT2D eigenvalue weighted by Gasteiger charge is -2.22. The zero-order chi connectivity index (χ0) is 20.7. The number of carbonyl (C=O) groups is 1. The topological polar surface area (TPSA) is 136 Å². The summed E-state index contributed by atoms with van der Waals surface area (Å²) in [4.78, 5) is 24.6. The van der Waals surface area contributed by atoms with E-state index in [1.165, 1.54) is 32.4 Å². The number of nitrogens with zero attached hydrogens (tertiary/aromatic N) is 4. The summed E-state index contributed by atoms with van der Waals surface area (Å²) >= 11 is 0. The van der Waals surface area contributed by atoms with E-state index < -0.39 is 17.7 Å². The number of aliphatic hydroxyl groups is 1. The van der Waals surface area contributed by atoms with Gasteiger partial charge in [-0.15, -0.1) is 0 Å². The quantitative estimate of drug-likeness (QED) is 0.538. The molecule has 2 aromatic rings. The Balaban J connectivity index is 2.14. The minimum Gasteiger partial charge on any atom is -0.387 e. The van der Waals surface area contributed by atoms with E-state index in [-0.39, 0.29) is 18.1 Å². The predicted molar refractivity (Wildman–Crippen MR) is 102 cm³/mol. The van der Waals surface area contributed by atoms with Crippen molar-refractivity contribution in [2.45, 2.75) is 32.5 Å². The average molecular weight is 387 g/mol. The molecule has 0 aliphatic carbocycles. The van der Waals surface area contributed by atoms with Crippen molar-refractivity contribution in [1.82, 2.24) is 20.3 Å². The fourth-order valence-corrected chi connectivity index (χ4v) is 2.13. The van der Waals surface area contributed by atoms with Crippen molar-refractivity contribution >= 4 is 23.4 Å². The minimum absolute atomic E-state index is 0.232. The number of aromatic nitrogens is 3. The first-order chi connectivity index (χ1) is 13.2. The standard InChI is InChI=1S/C18H22FN7O2/c1-4-21-13-5-15(26-17-24-7-11(6-20)8-25-17)22-9-12(13)16(27)23-10-14(19)18(2,3)28/h5,7-9,14,28H,4,10H2,1-3H3,(H,23,27)(H2,21,22,24,25,26). The molecule has 0 spiro atoms. The number of amides is 1. The van der Waals surface area contributed by atoms with Crippen LogP contribution in [0.15, 0.2) is 24.7 Å². The lowest BCUT2D eigenvalue weighted by molar-refractivity contribution is -0.00177. The molecule has 148 valence electrons. The molecule has 2 rings (SSSR count). The van der Waals surface area contributed by atoms with Gasteiger partial charge in [0.25, 0.3) is 5.91 Å². The van der Waals surface area contributed by atoms with Crippen LogP contribution in [-0.2, 0) is 0 Å². The number of hydrogen-bond acceptors (Lipinski definition) is 8. The molecule has 9 nitrogen and oxygen atoms in total. The molecule has 0 radical (unpaired) electrons. The maximum atomic E-state index is 13.9. The first-order valence-electron chi connectivity index (χ1n) is 8.62. The van der Waals surface area contributed by atoms with E-state index >= 15 is 0 Å². The van der Waals surface area contributed by atoms with Gasteiger partial charge in [-0.3, -0.25) is 4.79 Å². The Kier molecular flexibility index (Phi) is 6.79. The number of carbonyl (C=O) groups excluding carboxylic acids is 1. The Morgan fingerprint density at radius 2 is 2.00 bits per heavy atom. The molecular formula is C18H22FN7O2. The number of rotatable bonds is 8. The third-order valence-electron chi connectivity index (χ3n) is 3.75. The normalized spacial score (nSPS) is 12.0. The third kappa shape index (κ3) is 5.59. The molecule has 2 heterocycles. The Morgan fingerprint density at radius 3 is 2.57 bits per heavy atom. The van der Waals surface area contributed by atoms with Gasteiger partial charge in [0, 0.05) is 18.8 Å². The number of pyridine rings is 1. The van der Waals surface area contributed by atoms with Crippen molar-refractivity contribution in [3.63, 3.8) is 0 Å².